The molecule has 1 N–H and O–H groups in total. The van der Waals surface area contributed by atoms with E-state index >= 15 is 0 Å². The molecule has 0 aliphatic heterocycles. The Morgan fingerprint density at radius 2 is 1.78 bits per heavy atom. The summed E-state index contributed by atoms with van der Waals surface area (Å²) in [6, 6.07) is 10.8. The van der Waals surface area contributed by atoms with Crippen LogP contribution < -0.4 is 5.32 Å². The molecular formula is C17H16F3NO2. The van der Waals surface area contributed by atoms with Gasteiger partial charge in [-0.1, -0.05) is 18.2 Å². The van der Waals surface area contributed by atoms with Gasteiger partial charge in [0.2, 0.25) is 0 Å². The van der Waals surface area contributed by atoms with Crippen molar-refractivity contribution < 1.29 is 22.7 Å². The summed E-state index contributed by atoms with van der Waals surface area (Å²) >= 11 is 0. The van der Waals surface area contributed by atoms with Crippen molar-refractivity contribution in [2.75, 3.05) is 12.4 Å². The second kappa shape index (κ2) is 6.73. The van der Waals surface area contributed by atoms with Crippen LogP contribution in [-0.4, -0.2) is 13.1 Å². The number of alkyl halides is 3. The maximum Gasteiger partial charge on any atom is 0.416 e. The van der Waals surface area contributed by atoms with Gasteiger partial charge in [0.15, 0.2) is 0 Å². The summed E-state index contributed by atoms with van der Waals surface area (Å²) in [5, 5.41) is 2.95. The number of hydrogen-bond acceptors (Lipinski definition) is 3. The number of methoxy groups -OCH3 is 1. The van der Waals surface area contributed by atoms with Crippen molar-refractivity contribution >= 4 is 11.7 Å². The van der Waals surface area contributed by atoms with Gasteiger partial charge in [0.05, 0.1) is 18.2 Å². The highest BCUT2D eigenvalue weighted by atomic mass is 19.4. The number of hydrogen-bond donors (Lipinski definition) is 1. The topological polar surface area (TPSA) is 38.3 Å². The predicted molar refractivity (Wildman–Crippen MR) is 81.3 cm³/mol. The van der Waals surface area contributed by atoms with Crippen molar-refractivity contribution in [2.45, 2.75) is 19.6 Å². The summed E-state index contributed by atoms with van der Waals surface area (Å²) in [5.74, 6) is -0.433. The minimum Gasteiger partial charge on any atom is -0.465 e. The fourth-order valence-electron chi connectivity index (χ4n) is 2.12. The van der Waals surface area contributed by atoms with Crippen LogP contribution in [0.2, 0.25) is 0 Å². The third kappa shape index (κ3) is 4.25. The van der Waals surface area contributed by atoms with E-state index in [1.165, 1.54) is 20.1 Å². The van der Waals surface area contributed by atoms with Crippen LogP contribution in [0.5, 0.6) is 0 Å². The zero-order valence-corrected chi connectivity index (χ0v) is 12.7. The van der Waals surface area contributed by atoms with E-state index in [4.69, 9.17) is 0 Å². The van der Waals surface area contributed by atoms with Crippen LogP contribution in [0, 0.1) is 6.92 Å². The molecule has 0 radical (unpaired) electrons. The average molecular weight is 323 g/mol. The largest absolute Gasteiger partial charge is 0.465 e. The van der Waals surface area contributed by atoms with Gasteiger partial charge in [0.1, 0.15) is 0 Å². The number of carbonyl (C=O) groups excluding carboxylic acids is 1. The summed E-state index contributed by atoms with van der Waals surface area (Å²) < 4.78 is 43.2. The number of nitrogens with one attached hydrogen (secondary N) is 1. The van der Waals surface area contributed by atoms with E-state index in [2.05, 4.69) is 10.1 Å². The van der Waals surface area contributed by atoms with Crippen molar-refractivity contribution in [2.24, 2.45) is 0 Å². The molecule has 0 aliphatic carbocycles. The van der Waals surface area contributed by atoms with Gasteiger partial charge in [-0.05, 0) is 42.3 Å². The first kappa shape index (κ1) is 16.9. The van der Waals surface area contributed by atoms with Gasteiger partial charge in [-0.3, -0.25) is 0 Å². The van der Waals surface area contributed by atoms with Gasteiger partial charge in [0.25, 0.3) is 0 Å². The smallest absolute Gasteiger partial charge is 0.416 e. The van der Waals surface area contributed by atoms with Crippen LogP contribution >= 0.6 is 0 Å². The maximum absolute atomic E-state index is 12.9. The Morgan fingerprint density at radius 3 is 2.35 bits per heavy atom. The third-order valence-electron chi connectivity index (χ3n) is 3.41. The standard InChI is InChI=1S/C17H16F3NO2/c1-11-3-8-14(9-15(11)17(18,19)20)21-10-12-4-6-13(7-5-12)16(22)23-2/h3-9,21H,10H2,1-2H3. The quantitative estimate of drug-likeness (QED) is 0.847. The van der Waals surface area contributed by atoms with Gasteiger partial charge < -0.3 is 10.1 Å². The van der Waals surface area contributed by atoms with Crippen molar-refractivity contribution in [1.29, 1.82) is 0 Å². The molecule has 0 saturated carbocycles. The van der Waals surface area contributed by atoms with Gasteiger partial charge in [0, 0.05) is 12.2 Å². The predicted octanol–water partition coefficient (Wildman–Crippen LogP) is 4.41. The van der Waals surface area contributed by atoms with Gasteiger partial charge in [-0.2, -0.15) is 13.2 Å². The first-order valence-corrected chi connectivity index (χ1v) is 6.90. The number of ether oxygens (including phenoxy) is 1. The van der Waals surface area contributed by atoms with Crippen molar-refractivity contribution in [3.05, 3.63) is 64.7 Å². The summed E-state index contributed by atoms with van der Waals surface area (Å²) in [4.78, 5) is 11.3. The van der Waals surface area contributed by atoms with Crippen molar-refractivity contribution in [3.8, 4) is 0 Å². The Bertz CT molecular complexity index is 694. The number of aryl methyl sites for hydroxylation is 1. The molecule has 2 aromatic carbocycles. The highest BCUT2D eigenvalue weighted by Crippen LogP contribution is 2.33. The number of carbonyl (C=O) groups is 1. The Balaban J connectivity index is 2.08. The molecule has 3 nitrogen and oxygen atoms in total. The molecule has 0 aromatic heterocycles. The Labute approximate surface area is 132 Å². The van der Waals surface area contributed by atoms with E-state index in [-0.39, 0.29) is 5.56 Å². The lowest BCUT2D eigenvalue weighted by molar-refractivity contribution is -0.138. The highest BCUT2D eigenvalue weighted by Gasteiger charge is 2.32. The average Bonchev–Trinajstić information content (AvgIpc) is 2.52. The Kier molecular flexibility index (Phi) is 4.93. The first-order chi connectivity index (χ1) is 10.8. The zero-order chi connectivity index (χ0) is 17.0. The van der Waals surface area contributed by atoms with Crippen LogP contribution in [0.25, 0.3) is 0 Å². The monoisotopic (exact) mass is 323 g/mol. The fourth-order valence-corrected chi connectivity index (χ4v) is 2.12. The molecular weight excluding hydrogens is 307 g/mol. The summed E-state index contributed by atoms with van der Waals surface area (Å²) in [6.45, 7) is 1.78. The second-order valence-electron chi connectivity index (χ2n) is 5.07. The Hall–Kier alpha value is -2.50. The molecule has 2 aromatic rings. The molecule has 0 amide bonds. The molecule has 0 fully saturated rings. The lowest BCUT2D eigenvalue weighted by atomic mass is 10.1. The van der Waals surface area contributed by atoms with Crippen molar-refractivity contribution in [3.63, 3.8) is 0 Å². The second-order valence-corrected chi connectivity index (χ2v) is 5.07. The lowest BCUT2D eigenvalue weighted by Gasteiger charge is -2.13. The number of rotatable bonds is 4. The molecule has 0 unspecified atom stereocenters. The third-order valence-corrected chi connectivity index (χ3v) is 3.41. The lowest BCUT2D eigenvalue weighted by Crippen LogP contribution is -2.09. The number of halogens is 3. The normalized spacial score (nSPS) is 11.2. The van der Waals surface area contributed by atoms with Gasteiger partial charge in [-0.15, -0.1) is 0 Å². The van der Waals surface area contributed by atoms with Crippen molar-refractivity contribution in [1.82, 2.24) is 0 Å². The molecule has 6 heteroatoms. The number of anilines is 1. The van der Waals surface area contributed by atoms with E-state index in [0.29, 0.717) is 17.8 Å². The van der Waals surface area contributed by atoms with E-state index in [0.717, 1.165) is 11.6 Å². The SMILES string of the molecule is COC(=O)c1ccc(CNc2ccc(C)c(C(F)(F)F)c2)cc1. The minimum absolute atomic E-state index is 0.186. The molecule has 23 heavy (non-hydrogen) atoms. The van der Waals surface area contributed by atoms with Crippen LogP contribution in [0.1, 0.15) is 27.0 Å². The Morgan fingerprint density at radius 1 is 1.13 bits per heavy atom. The zero-order valence-electron chi connectivity index (χ0n) is 12.7. The molecule has 0 bridgehead atoms. The van der Waals surface area contributed by atoms with Crippen LogP contribution in [0.4, 0.5) is 18.9 Å². The molecule has 2 rings (SSSR count). The summed E-state index contributed by atoms with van der Waals surface area (Å²) in [5.41, 5.74) is 1.19. The highest BCUT2D eigenvalue weighted by molar-refractivity contribution is 5.89. The molecule has 0 saturated heterocycles. The molecule has 0 atom stereocenters. The van der Waals surface area contributed by atoms with Gasteiger partial charge >= 0.3 is 12.1 Å². The van der Waals surface area contributed by atoms with Gasteiger partial charge in [-0.25, -0.2) is 4.79 Å². The summed E-state index contributed by atoms with van der Waals surface area (Å²) in [6.07, 6.45) is -4.37. The maximum atomic E-state index is 12.9. The van der Waals surface area contributed by atoms with Crippen LogP contribution in [0.15, 0.2) is 42.5 Å². The molecule has 0 heterocycles. The van der Waals surface area contributed by atoms with E-state index in [1.54, 1.807) is 30.3 Å². The molecule has 0 spiro atoms. The van der Waals surface area contributed by atoms with E-state index in [9.17, 15) is 18.0 Å². The first-order valence-electron chi connectivity index (χ1n) is 6.90. The molecule has 122 valence electrons. The van der Waals surface area contributed by atoms with E-state index in [1.807, 2.05) is 0 Å². The van der Waals surface area contributed by atoms with Crippen LogP contribution in [0.3, 0.4) is 0 Å². The fraction of sp³-hybridized carbons (Fsp3) is 0.235. The number of benzene rings is 2. The summed E-state index contributed by atoms with van der Waals surface area (Å²) in [7, 11) is 1.30. The van der Waals surface area contributed by atoms with E-state index < -0.39 is 17.7 Å². The number of esters is 1. The minimum atomic E-state index is -4.37. The van der Waals surface area contributed by atoms with Crippen LogP contribution in [-0.2, 0) is 17.5 Å². The molecule has 0 aliphatic rings.